The normalized spacial score (nSPS) is 22.5. The number of nitrogens with zero attached hydrogens (tertiary/aromatic N) is 1. The van der Waals surface area contributed by atoms with Gasteiger partial charge in [0.25, 0.3) is 0 Å². The van der Waals surface area contributed by atoms with Gasteiger partial charge in [0.05, 0.1) is 5.92 Å². The molecule has 1 atom stereocenters. The molecule has 1 fully saturated rings. The molecule has 1 saturated heterocycles. The molecular formula is C15H16ClNO2. The summed E-state index contributed by atoms with van der Waals surface area (Å²) in [6.07, 6.45) is 3.57. The van der Waals surface area contributed by atoms with Crippen LogP contribution in [0.5, 0.6) is 0 Å². The van der Waals surface area contributed by atoms with E-state index >= 15 is 0 Å². The summed E-state index contributed by atoms with van der Waals surface area (Å²) in [4.78, 5) is 26.5. The van der Waals surface area contributed by atoms with E-state index in [1.165, 1.54) is 6.42 Å². The topological polar surface area (TPSA) is 37.4 Å². The molecule has 100 valence electrons. The molecule has 0 spiro atoms. The Bertz CT molecular complexity index is 535. The standard InChI is InChI=1S/C15H16ClNO2/c16-12-6-4-5-10-13(18)9-11(14(10)12)15(19)17-7-2-1-3-8-17/h4-6,11H,1-3,7-9H2. The SMILES string of the molecule is O=C1CC(C(=O)N2CCCCC2)c2c(Cl)cccc21. The summed E-state index contributed by atoms with van der Waals surface area (Å²) in [6, 6.07) is 5.30. The Hall–Kier alpha value is -1.35. The van der Waals surface area contributed by atoms with Gasteiger partial charge in [-0.2, -0.15) is 0 Å². The van der Waals surface area contributed by atoms with Crippen molar-refractivity contribution in [3.63, 3.8) is 0 Å². The van der Waals surface area contributed by atoms with Gasteiger partial charge in [0.1, 0.15) is 0 Å². The van der Waals surface area contributed by atoms with Crippen LogP contribution in [0.1, 0.15) is 47.5 Å². The zero-order valence-corrected chi connectivity index (χ0v) is 11.4. The van der Waals surface area contributed by atoms with Gasteiger partial charge in [0, 0.05) is 30.1 Å². The largest absolute Gasteiger partial charge is 0.342 e. The lowest BCUT2D eigenvalue weighted by Gasteiger charge is -2.29. The predicted molar refractivity (Wildman–Crippen MR) is 73.6 cm³/mol. The molecule has 1 aromatic carbocycles. The number of benzene rings is 1. The number of ketones is 1. The minimum absolute atomic E-state index is 0.0351. The Balaban J connectivity index is 1.91. The van der Waals surface area contributed by atoms with Gasteiger partial charge in [-0.15, -0.1) is 0 Å². The molecular weight excluding hydrogens is 262 g/mol. The first kappa shape index (κ1) is 12.7. The molecule has 0 saturated carbocycles. The van der Waals surface area contributed by atoms with Crippen molar-refractivity contribution < 1.29 is 9.59 Å². The number of piperidine rings is 1. The van der Waals surface area contributed by atoms with Gasteiger partial charge in [0.15, 0.2) is 5.78 Å². The summed E-state index contributed by atoms with van der Waals surface area (Å²) in [5, 5.41) is 0.540. The maximum Gasteiger partial charge on any atom is 0.230 e. The van der Waals surface area contributed by atoms with Crippen LogP contribution >= 0.6 is 11.6 Å². The molecule has 0 aromatic heterocycles. The van der Waals surface area contributed by atoms with Crippen molar-refractivity contribution in [2.75, 3.05) is 13.1 Å². The number of hydrogen-bond donors (Lipinski definition) is 0. The fourth-order valence-corrected chi connectivity index (χ4v) is 3.38. The third-order valence-electron chi connectivity index (χ3n) is 4.06. The highest BCUT2D eigenvalue weighted by Crippen LogP contribution is 2.39. The van der Waals surface area contributed by atoms with Crippen LogP contribution in [-0.4, -0.2) is 29.7 Å². The summed E-state index contributed by atoms with van der Waals surface area (Å²) < 4.78 is 0. The lowest BCUT2D eigenvalue weighted by molar-refractivity contribution is -0.133. The van der Waals surface area contributed by atoms with E-state index in [1.807, 2.05) is 4.90 Å². The van der Waals surface area contributed by atoms with Crippen LogP contribution < -0.4 is 0 Å². The Labute approximate surface area is 117 Å². The fourth-order valence-electron chi connectivity index (χ4n) is 3.08. The monoisotopic (exact) mass is 277 g/mol. The second kappa shape index (κ2) is 4.97. The van der Waals surface area contributed by atoms with Crippen molar-refractivity contribution in [2.45, 2.75) is 31.6 Å². The molecule has 1 aliphatic carbocycles. The third kappa shape index (κ3) is 2.16. The van der Waals surface area contributed by atoms with Crippen molar-refractivity contribution >= 4 is 23.3 Å². The summed E-state index contributed by atoms with van der Waals surface area (Å²) >= 11 is 6.19. The van der Waals surface area contributed by atoms with E-state index in [2.05, 4.69) is 0 Å². The lowest BCUT2D eigenvalue weighted by Crippen LogP contribution is -2.38. The third-order valence-corrected chi connectivity index (χ3v) is 4.39. The van der Waals surface area contributed by atoms with Crippen molar-refractivity contribution in [1.82, 2.24) is 4.90 Å². The quantitative estimate of drug-likeness (QED) is 0.791. The summed E-state index contributed by atoms with van der Waals surface area (Å²) in [7, 11) is 0. The van der Waals surface area contributed by atoms with Crippen LogP contribution in [0.2, 0.25) is 5.02 Å². The number of likely N-dealkylation sites (tertiary alicyclic amines) is 1. The molecule has 0 radical (unpaired) electrons. The van der Waals surface area contributed by atoms with Crippen molar-refractivity contribution in [3.8, 4) is 0 Å². The number of hydrogen-bond acceptors (Lipinski definition) is 2. The second-order valence-electron chi connectivity index (χ2n) is 5.27. The van der Waals surface area contributed by atoms with Gasteiger partial charge in [-0.25, -0.2) is 0 Å². The highest BCUT2D eigenvalue weighted by atomic mass is 35.5. The van der Waals surface area contributed by atoms with Gasteiger partial charge >= 0.3 is 0 Å². The molecule has 4 heteroatoms. The van der Waals surface area contributed by atoms with Crippen LogP contribution in [0.15, 0.2) is 18.2 Å². The number of Topliss-reactive ketones (excluding diaryl/α,β-unsaturated/α-hetero) is 1. The minimum Gasteiger partial charge on any atom is -0.342 e. The maximum absolute atomic E-state index is 12.6. The van der Waals surface area contributed by atoms with E-state index in [4.69, 9.17) is 11.6 Å². The van der Waals surface area contributed by atoms with Gasteiger partial charge in [-0.1, -0.05) is 23.7 Å². The Morgan fingerprint density at radius 3 is 2.68 bits per heavy atom. The van der Waals surface area contributed by atoms with E-state index in [0.717, 1.165) is 31.5 Å². The zero-order valence-electron chi connectivity index (χ0n) is 10.7. The average molecular weight is 278 g/mol. The van der Waals surface area contributed by atoms with E-state index in [-0.39, 0.29) is 24.0 Å². The van der Waals surface area contributed by atoms with Gasteiger partial charge in [-0.3, -0.25) is 9.59 Å². The first-order chi connectivity index (χ1) is 9.18. The number of carbonyl (C=O) groups excluding carboxylic acids is 2. The molecule has 0 N–H and O–H groups in total. The summed E-state index contributed by atoms with van der Waals surface area (Å²) in [5.74, 6) is -0.262. The second-order valence-corrected chi connectivity index (χ2v) is 5.67. The molecule has 3 nitrogen and oxygen atoms in total. The minimum atomic E-state index is -0.366. The van der Waals surface area contributed by atoms with Crippen molar-refractivity contribution in [3.05, 3.63) is 34.3 Å². The highest BCUT2D eigenvalue weighted by Gasteiger charge is 2.38. The van der Waals surface area contributed by atoms with Gasteiger partial charge in [-0.05, 0) is 30.9 Å². The number of carbonyl (C=O) groups is 2. The first-order valence-electron chi connectivity index (χ1n) is 6.79. The van der Waals surface area contributed by atoms with E-state index < -0.39 is 0 Å². The van der Waals surface area contributed by atoms with Gasteiger partial charge < -0.3 is 4.90 Å². The molecule has 1 heterocycles. The predicted octanol–water partition coefficient (Wildman–Crippen LogP) is 3.02. The fraction of sp³-hybridized carbons (Fsp3) is 0.467. The van der Waals surface area contributed by atoms with E-state index in [1.54, 1.807) is 18.2 Å². The van der Waals surface area contributed by atoms with Crippen LogP contribution in [0.25, 0.3) is 0 Å². The highest BCUT2D eigenvalue weighted by molar-refractivity contribution is 6.32. The van der Waals surface area contributed by atoms with E-state index in [0.29, 0.717) is 10.6 Å². The molecule has 3 rings (SSSR count). The van der Waals surface area contributed by atoms with Crippen molar-refractivity contribution in [2.24, 2.45) is 0 Å². The Morgan fingerprint density at radius 2 is 1.95 bits per heavy atom. The van der Waals surface area contributed by atoms with Crippen LogP contribution in [-0.2, 0) is 4.79 Å². The van der Waals surface area contributed by atoms with Crippen LogP contribution in [0, 0.1) is 0 Å². The molecule has 1 amide bonds. The number of rotatable bonds is 1. The summed E-state index contributed by atoms with van der Waals surface area (Å²) in [5.41, 5.74) is 1.37. The number of halogens is 1. The lowest BCUT2D eigenvalue weighted by atomic mass is 9.98. The Morgan fingerprint density at radius 1 is 1.21 bits per heavy atom. The molecule has 19 heavy (non-hydrogen) atoms. The van der Waals surface area contributed by atoms with Crippen LogP contribution in [0.3, 0.4) is 0 Å². The molecule has 0 bridgehead atoms. The first-order valence-corrected chi connectivity index (χ1v) is 7.16. The summed E-state index contributed by atoms with van der Waals surface area (Å²) in [6.45, 7) is 1.62. The molecule has 1 aliphatic heterocycles. The number of fused-ring (bicyclic) bond motifs is 1. The van der Waals surface area contributed by atoms with Crippen molar-refractivity contribution in [1.29, 1.82) is 0 Å². The van der Waals surface area contributed by atoms with Gasteiger partial charge in [0.2, 0.25) is 5.91 Å². The molecule has 1 unspecified atom stereocenters. The average Bonchev–Trinajstić information content (AvgIpc) is 2.78. The zero-order chi connectivity index (χ0) is 13.4. The number of amides is 1. The van der Waals surface area contributed by atoms with E-state index in [9.17, 15) is 9.59 Å². The smallest absolute Gasteiger partial charge is 0.230 e. The molecule has 2 aliphatic rings. The Kier molecular flexibility index (Phi) is 3.31. The maximum atomic E-state index is 12.6. The molecule has 1 aromatic rings. The van der Waals surface area contributed by atoms with Crippen LogP contribution in [0.4, 0.5) is 0 Å².